The van der Waals surface area contributed by atoms with Crippen LogP contribution in [0.25, 0.3) is 5.70 Å². The van der Waals surface area contributed by atoms with Crippen LogP contribution in [0.3, 0.4) is 0 Å². The van der Waals surface area contributed by atoms with Crippen molar-refractivity contribution in [2.24, 2.45) is 0 Å². The fourth-order valence-corrected chi connectivity index (χ4v) is 4.04. The van der Waals surface area contributed by atoms with Crippen LogP contribution in [0.1, 0.15) is 22.7 Å². The molecule has 0 fully saturated rings. The van der Waals surface area contributed by atoms with E-state index in [0.717, 1.165) is 11.1 Å². The van der Waals surface area contributed by atoms with Crippen molar-refractivity contribution in [3.8, 4) is 5.75 Å². The van der Waals surface area contributed by atoms with Gasteiger partial charge in [0, 0.05) is 16.3 Å². The van der Waals surface area contributed by atoms with E-state index in [1.165, 1.54) is 0 Å². The summed E-state index contributed by atoms with van der Waals surface area (Å²) in [5.74, 6) is 0.340. The Kier molecular flexibility index (Phi) is 6.44. The van der Waals surface area contributed by atoms with Gasteiger partial charge >= 0.3 is 0 Å². The zero-order chi connectivity index (χ0) is 22.7. The molecule has 3 N–H and O–H groups in total. The average Bonchev–Trinajstić information content (AvgIpc) is 2.80. The Morgan fingerprint density at radius 3 is 2.47 bits per heavy atom. The highest BCUT2D eigenvalue weighted by Gasteiger charge is 2.34. The van der Waals surface area contributed by atoms with Crippen LogP contribution in [0.4, 0.5) is 5.69 Å². The van der Waals surface area contributed by atoms with E-state index in [2.05, 4.69) is 16.0 Å². The van der Waals surface area contributed by atoms with Crippen molar-refractivity contribution in [1.82, 2.24) is 10.6 Å². The molecule has 1 atom stereocenters. The van der Waals surface area contributed by atoms with Crippen molar-refractivity contribution in [2.75, 3.05) is 12.4 Å². The van der Waals surface area contributed by atoms with E-state index in [1.54, 1.807) is 25.3 Å². The first-order valence-corrected chi connectivity index (χ1v) is 10.8. The lowest BCUT2D eigenvalue weighted by Crippen LogP contribution is -2.45. The van der Waals surface area contributed by atoms with Crippen molar-refractivity contribution in [3.05, 3.63) is 100 Å². The minimum absolute atomic E-state index is 0.262. The third-order valence-corrected chi connectivity index (χ3v) is 5.65. The molecule has 0 aliphatic carbocycles. The fourth-order valence-electron chi connectivity index (χ4n) is 3.64. The number of aryl methyl sites for hydroxylation is 1. The second kappa shape index (κ2) is 9.42. The third-order valence-electron chi connectivity index (χ3n) is 5.19. The van der Waals surface area contributed by atoms with Gasteiger partial charge in [-0.2, -0.15) is 0 Å². The molecule has 0 unspecified atom stereocenters. The number of rotatable bonds is 5. The van der Waals surface area contributed by atoms with Gasteiger partial charge in [-0.15, -0.1) is 0 Å². The predicted octanol–water partition coefficient (Wildman–Crippen LogP) is 5.23. The summed E-state index contributed by atoms with van der Waals surface area (Å²) >= 11 is 11.8. The number of hydrogen-bond acceptors (Lipinski definition) is 3. The number of anilines is 1. The molecule has 0 saturated heterocycles. The van der Waals surface area contributed by atoms with E-state index in [9.17, 15) is 4.79 Å². The highest BCUT2D eigenvalue weighted by molar-refractivity contribution is 7.80. The molecule has 32 heavy (non-hydrogen) atoms. The van der Waals surface area contributed by atoms with Crippen molar-refractivity contribution in [1.29, 1.82) is 0 Å². The SMILES string of the molecule is COc1ccc(Cl)cc1[C@@H]1NC(=S)NC(c2ccccc2)=C1C(=O)Nc1ccc(C)cc1. The summed E-state index contributed by atoms with van der Waals surface area (Å²) < 4.78 is 5.57. The molecule has 3 aromatic carbocycles. The zero-order valence-electron chi connectivity index (χ0n) is 17.6. The summed E-state index contributed by atoms with van der Waals surface area (Å²) in [5, 5.41) is 10.3. The molecule has 1 aliphatic rings. The van der Waals surface area contributed by atoms with Gasteiger partial charge in [0.05, 0.1) is 24.4 Å². The van der Waals surface area contributed by atoms with Crippen LogP contribution >= 0.6 is 23.8 Å². The van der Waals surface area contributed by atoms with Crippen molar-refractivity contribution >= 4 is 46.2 Å². The molecular weight excluding hydrogens is 442 g/mol. The topological polar surface area (TPSA) is 62.4 Å². The molecule has 0 saturated carbocycles. The van der Waals surface area contributed by atoms with Crippen LogP contribution in [0.5, 0.6) is 5.75 Å². The molecule has 0 aromatic heterocycles. The summed E-state index contributed by atoms with van der Waals surface area (Å²) in [5.41, 5.74) is 4.48. The molecule has 7 heteroatoms. The van der Waals surface area contributed by atoms with Crippen LogP contribution in [0, 0.1) is 6.92 Å². The Morgan fingerprint density at radius 2 is 1.78 bits per heavy atom. The lowest BCUT2D eigenvalue weighted by Gasteiger charge is -2.32. The number of hydrogen-bond donors (Lipinski definition) is 3. The molecule has 0 bridgehead atoms. The molecule has 0 spiro atoms. The number of ether oxygens (including phenoxy) is 1. The normalized spacial score (nSPS) is 15.6. The number of thiocarbonyl (C=S) groups is 1. The van der Waals surface area contributed by atoms with Crippen LogP contribution in [0.15, 0.2) is 78.4 Å². The van der Waals surface area contributed by atoms with E-state index in [1.807, 2.05) is 61.5 Å². The Hall–Kier alpha value is -3.35. The highest BCUT2D eigenvalue weighted by Crippen LogP contribution is 2.37. The first-order chi connectivity index (χ1) is 15.5. The Labute approximate surface area is 197 Å². The fraction of sp³-hybridized carbons (Fsp3) is 0.120. The average molecular weight is 464 g/mol. The van der Waals surface area contributed by atoms with Gasteiger partial charge in [0.25, 0.3) is 5.91 Å². The standard InChI is InChI=1S/C25H22ClN3O2S/c1-15-8-11-18(12-9-15)27-24(30)21-22(16-6-4-3-5-7-16)28-25(32)29-23(21)19-14-17(26)10-13-20(19)31-2/h3-14,23H,1-2H3,(H,27,30)(H2,28,29,32)/t23-/m0/s1. The van der Waals surface area contributed by atoms with Crippen LogP contribution in [-0.4, -0.2) is 18.1 Å². The van der Waals surface area contributed by atoms with Gasteiger partial charge in [-0.3, -0.25) is 4.79 Å². The van der Waals surface area contributed by atoms with Crippen LogP contribution in [-0.2, 0) is 4.79 Å². The second-order valence-corrected chi connectivity index (χ2v) is 8.24. The van der Waals surface area contributed by atoms with Crippen molar-refractivity contribution < 1.29 is 9.53 Å². The number of benzene rings is 3. The Morgan fingerprint density at radius 1 is 1.06 bits per heavy atom. The molecule has 3 aromatic rings. The second-order valence-electron chi connectivity index (χ2n) is 7.39. The van der Waals surface area contributed by atoms with Gasteiger partial charge in [-0.25, -0.2) is 0 Å². The number of nitrogens with one attached hydrogen (secondary N) is 3. The van der Waals surface area contributed by atoms with Crippen molar-refractivity contribution in [2.45, 2.75) is 13.0 Å². The summed E-state index contributed by atoms with van der Waals surface area (Å²) in [4.78, 5) is 13.6. The molecule has 5 nitrogen and oxygen atoms in total. The van der Waals surface area contributed by atoms with E-state index in [0.29, 0.717) is 38.4 Å². The molecule has 1 amide bonds. The van der Waals surface area contributed by atoms with Gasteiger partial charge in [0.15, 0.2) is 5.11 Å². The highest BCUT2D eigenvalue weighted by atomic mass is 35.5. The van der Waals surface area contributed by atoms with Crippen molar-refractivity contribution in [3.63, 3.8) is 0 Å². The Balaban J connectivity index is 1.87. The largest absolute Gasteiger partial charge is 0.496 e. The van der Waals surface area contributed by atoms with E-state index in [-0.39, 0.29) is 5.91 Å². The summed E-state index contributed by atoms with van der Waals surface area (Å²) in [6, 6.07) is 22.0. The van der Waals surface area contributed by atoms with E-state index >= 15 is 0 Å². The molecule has 4 rings (SSSR count). The molecule has 1 aliphatic heterocycles. The summed E-state index contributed by atoms with van der Waals surface area (Å²) in [7, 11) is 1.58. The van der Waals surface area contributed by atoms with E-state index in [4.69, 9.17) is 28.6 Å². The summed E-state index contributed by atoms with van der Waals surface area (Å²) in [6.45, 7) is 2.00. The maximum Gasteiger partial charge on any atom is 0.256 e. The summed E-state index contributed by atoms with van der Waals surface area (Å²) in [6.07, 6.45) is 0. The number of amides is 1. The van der Waals surface area contributed by atoms with Gasteiger partial charge in [0.1, 0.15) is 5.75 Å². The van der Waals surface area contributed by atoms with Gasteiger partial charge < -0.3 is 20.7 Å². The maximum absolute atomic E-state index is 13.6. The Bertz CT molecular complexity index is 1190. The lowest BCUT2D eigenvalue weighted by atomic mass is 9.91. The first-order valence-electron chi connectivity index (χ1n) is 10.0. The molecule has 162 valence electrons. The zero-order valence-corrected chi connectivity index (χ0v) is 19.2. The minimum atomic E-state index is -0.571. The molecular formula is C25H22ClN3O2S. The monoisotopic (exact) mass is 463 g/mol. The predicted molar refractivity (Wildman–Crippen MR) is 133 cm³/mol. The lowest BCUT2D eigenvalue weighted by molar-refractivity contribution is -0.113. The third kappa shape index (κ3) is 4.61. The van der Waals surface area contributed by atoms with Gasteiger partial charge in [-0.1, -0.05) is 59.6 Å². The smallest absolute Gasteiger partial charge is 0.256 e. The molecule has 0 radical (unpaired) electrons. The number of carbonyl (C=O) groups excluding carboxylic acids is 1. The minimum Gasteiger partial charge on any atom is -0.496 e. The maximum atomic E-state index is 13.6. The van der Waals surface area contributed by atoms with E-state index < -0.39 is 6.04 Å². The number of halogens is 1. The quantitative estimate of drug-likeness (QED) is 0.452. The van der Waals surface area contributed by atoms with Gasteiger partial charge in [0.2, 0.25) is 0 Å². The number of carbonyl (C=O) groups is 1. The van der Waals surface area contributed by atoms with Crippen LogP contribution < -0.4 is 20.7 Å². The molecule has 1 heterocycles. The first kappa shape index (κ1) is 21.9. The van der Waals surface area contributed by atoms with Crippen LogP contribution in [0.2, 0.25) is 5.02 Å². The van der Waals surface area contributed by atoms with Gasteiger partial charge in [-0.05, 0) is 55.0 Å². The number of methoxy groups -OCH3 is 1.